The molecule has 1 aromatic carbocycles. The van der Waals surface area contributed by atoms with Crippen molar-refractivity contribution < 1.29 is 9.90 Å². The Hall–Kier alpha value is -1.06. The second kappa shape index (κ2) is 9.78. The zero-order valence-corrected chi connectivity index (χ0v) is 13.0. The molecular weight excluding hydrogens is 274 g/mol. The zero-order valence-electron chi connectivity index (χ0n) is 12.2. The van der Waals surface area contributed by atoms with Crippen LogP contribution < -0.4 is 5.73 Å². The van der Waals surface area contributed by atoms with Crippen LogP contribution >= 0.6 is 12.4 Å². The number of carboxylic acids is 1. The van der Waals surface area contributed by atoms with Crippen molar-refractivity contribution in [2.75, 3.05) is 6.54 Å². The number of nitrogens with two attached hydrogens (primary N) is 1. The SMILES string of the molecule is CC(=O)O.Cl.NCC1(Cc2ccccc2)CCCCC1. The molecule has 3 N–H and O–H groups in total. The van der Waals surface area contributed by atoms with Crippen LogP contribution in [0.2, 0.25) is 0 Å². The minimum absolute atomic E-state index is 0. The summed E-state index contributed by atoms with van der Waals surface area (Å²) in [6, 6.07) is 10.8. The summed E-state index contributed by atoms with van der Waals surface area (Å²) in [5, 5.41) is 7.42. The van der Waals surface area contributed by atoms with E-state index in [1.165, 1.54) is 44.1 Å². The molecule has 0 bridgehead atoms. The average molecular weight is 300 g/mol. The minimum atomic E-state index is -0.833. The molecule has 2 rings (SSSR count). The number of carbonyl (C=O) groups is 1. The van der Waals surface area contributed by atoms with Crippen LogP contribution in [0.15, 0.2) is 30.3 Å². The Bertz CT molecular complexity index is 371. The van der Waals surface area contributed by atoms with Crippen LogP contribution in [0.3, 0.4) is 0 Å². The molecule has 0 atom stereocenters. The Morgan fingerprint density at radius 3 is 2.15 bits per heavy atom. The van der Waals surface area contributed by atoms with Gasteiger partial charge in [0.1, 0.15) is 0 Å². The first-order chi connectivity index (χ1) is 9.08. The maximum atomic E-state index is 9.00. The van der Waals surface area contributed by atoms with E-state index in [4.69, 9.17) is 15.6 Å². The Balaban J connectivity index is 0.000000644. The summed E-state index contributed by atoms with van der Waals surface area (Å²) in [5.74, 6) is -0.833. The number of halogens is 1. The van der Waals surface area contributed by atoms with Gasteiger partial charge < -0.3 is 10.8 Å². The van der Waals surface area contributed by atoms with Crippen molar-refractivity contribution in [3.63, 3.8) is 0 Å². The van der Waals surface area contributed by atoms with Gasteiger partial charge in [-0.15, -0.1) is 12.4 Å². The standard InChI is InChI=1S/C14H21N.C2H4O2.ClH/c15-12-14(9-5-2-6-10-14)11-13-7-3-1-4-8-13;1-2(3)4;/h1,3-4,7-8H,2,5-6,9-12,15H2;1H3,(H,3,4);1H. The van der Waals surface area contributed by atoms with Crippen LogP contribution in [0, 0.1) is 5.41 Å². The largest absolute Gasteiger partial charge is 0.481 e. The Labute approximate surface area is 128 Å². The van der Waals surface area contributed by atoms with Gasteiger partial charge in [-0.3, -0.25) is 4.79 Å². The number of aliphatic carboxylic acids is 1. The minimum Gasteiger partial charge on any atom is -0.481 e. The van der Waals surface area contributed by atoms with E-state index in [0.29, 0.717) is 5.41 Å². The summed E-state index contributed by atoms with van der Waals surface area (Å²) < 4.78 is 0. The Morgan fingerprint density at radius 1 is 1.20 bits per heavy atom. The zero-order chi connectivity index (χ0) is 14.1. The molecule has 114 valence electrons. The molecule has 4 heteroatoms. The van der Waals surface area contributed by atoms with Crippen molar-refractivity contribution in [3.8, 4) is 0 Å². The van der Waals surface area contributed by atoms with E-state index < -0.39 is 5.97 Å². The molecule has 1 fully saturated rings. The lowest BCUT2D eigenvalue weighted by Crippen LogP contribution is -2.34. The number of benzene rings is 1. The van der Waals surface area contributed by atoms with E-state index in [2.05, 4.69) is 30.3 Å². The van der Waals surface area contributed by atoms with E-state index in [1.54, 1.807) is 0 Å². The summed E-state index contributed by atoms with van der Waals surface area (Å²) in [7, 11) is 0. The fourth-order valence-electron chi connectivity index (χ4n) is 2.78. The van der Waals surface area contributed by atoms with Crippen molar-refractivity contribution in [3.05, 3.63) is 35.9 Å². The molecule has 0 heterocycles. The fraction of sp³-hybridized carbons (Fsp3) is 0.562. The lowest BCUT2D eigenvalue weighted by molar-refractivity contribution is -0.134. The van der Waals surface area contributed by atoms with E-state index in [-0.39, 0.29) is 12.4 Å². The Kier molecular flexibility index (Phi) is 9.26. The predicted molar refractivity (Wildman–Crippen MR) is 85.3 cm³/mol. The molecule has 0 saturated heterocycles. The van der Waals surface area contributed by atoms with Gasteiger partial charge in [0.25, 0.3) is 5.97 Å². The van der Waals surface area contributed by atoms with Crippen LogP contribution in [0.5, 0.6) is 0 Å². The average Bonchev–Trinajstić information content (AvgIpc) is 2.40. The fourth-order valence-corrected chi connectivity index (χ4v) is 2.78. The van der Waals surface area contributed by atoms with E-state index >= 15 is 0 Å². The normalized spacial score (nSPS) is 16.3. The second-order valence-corrected chi connectivity index (χ2v) is 5.45. The van der Waals surface area contributed by atoms with Crippen LogP contribution in [0.1, 0.15) is 44.6 Å². The molecule has 1 saturated carbocycles. The highest BCUT2D eigenvalue weighted by Gasteiger charge is 2.30. The van der Waals surface area contributed by atoms with E-state index in [9.17, 15) is 0 Å². The topological polar surface area (TPSA) is 63.3 Å². The highest BCUT2D eigenvalue weighted by Crippen LogP contribution is 2.38. The van der Waals surface area contributed by atoms with Gasteiger partial charge >= 0.3 is 0 Å². The lowest BCUT2D eigenvalue weighted by atomic mass is 9.70. The summed E-state index contributed by atoms with van der Waals surface area (Å²) in [6.07, 6.45) is 7.94. The summed E-state index contributed by atoms with van der Waals surface area (Å²) in [4.78, 5) is 9.00. The maximum absolute atomic E-state index is 9.00. The third kappa shape index (κ3) is 6.92. The van der Waals surface area contributed by atoms with Gasteiger partial charge in [-0.05, 0) is 36.8 Å². The number of carboxylic acid groups (broad SMARTS) is 1. The molecule has 0 radical (unpaired) electrons. The molecule has 0 spiro atoms. The van der Waals surface area contributed by atoms with Gasteiger partial charge in [0.15, 0.2) is 0 Å². The molecule has 0 aromatic heterocycles. The number of hydrogen-bond donors (Lipinski definition) is 2. The van der Waals surface area contributed by atoms with Crippen molar-refractivity contribution in [1.29, 1.82) is 0 Å². The first kappa shape index (κ1) is 18.9. The van der Waals surface area contributed by atoms with Gasteiger partial charge in [-0.1, -0.05) is 49.6 Å². The first-order valence-electron chi connectivity index (χ1n) is 7.01. The molecular formula is C16H26ClNO2. The molecule has 0 aliphatic heterocycles. The van der Waals surface area contributed by atoms with Gasteiger partial charge in [-0.2, -0.15) is 0 Å². The molecule has 3 nitrogen and oxygen atoms in total. The van der Waals surface area contributed by atoms with Crippen LogP contribution in [-0.4, -0.2) is 17.6 Å². The third-order valence-corrected chi connectivity index (χ3v) is 3.77. The Morgan fingerprint density at radius 2 is 1.70 bits per heavy atom. The van der Waals surface area contributed by atoms with Gasteiger partial charge in [0.2, 0.25) is 0 Å². The maximum Gasteiger partial charge on any atom is 0.300 e. The smallest absolute Gasteiger partial charge is 0.300 e. The van der Waals surface area contributed by atoms with Gasteiger partial charge in [0, 0.05) is 6.92 Å². The van der Waals surface area contributed by atoms with Crippen molar-refractivity contribution in [2.24, 2.45) is 11.1 Å². The summed E-state index contributed by atoms with van der Waals surface area (Å²) >= 11 is 0. The molecule has 0 amide bonds. The predicted octanol–water partition coefficient (Wildman–Crippen LogP) is 3.65. The van der Waals surface area contributed by atoms with Gasteiger partial charge in [-0.25, -0.2) is 0 Å². The van der Waals surface area contributed by atoms with Gasteiger partial charge in [0.05, 0.1) is 0 Å². The highest BCUT2D eigenvalue weighted by molar-refractivity contribution is 5.85. The summed E-state index contributed by atoms with van der Waals surface area (Å²) in [6.45, 7) is 1.93. The quantitative estimate of drug-likeness (QED) is 0.895. The van der Waals surface area contributed by atoms with E-state index in [1.807, 2.05) is 0 Å². The molecule has 1 aromatic rings. The van der Waals surface area contributed by atoms with Crippen LogP contribution in [-0.2, 0) is 11.2 Å². The number of rotatable bonds is 3. The van der Waals surface area contributed by atoms with Crippen molar-refractivity contribution in [1.82, 2.24) is 0 Å². The third-order valence-electron chi connectivity index (χ3n) is 3.77. The van der Waals surface area contributed by atoms with E-state index in [0.717, 1.165) is 13.5 Å². The molecule has 20 heavy (non-hydrogen) atoms. The molecule has 1 aliphatic carbocycles. The number of hydrogen-bond acceptors (Lipinski definition) is 2. The van der Waals surface area contributed by atoms with Crippen molar-refractivity contribution >= 4 is 18.4 Å². The first-order valence-corrected chi connectivity index (χ1v) is 7.01. The summed E-state index contributed by atoms with van der Waals surface area (Å²) in [5.41, 5.74) is 7.84. The molecule has 0 unspecified atom stereocenters. The highest BCUT2D eigenvalue weighted by atomic mass is 35.5. The van der Waals surface area contributed by atoms with Crippen LogP contribution in [0.25, 0.3) is 0 Å². The second-order valence-electron chi connectivity index (χ2n) is 5.45. The monoisotopic (exact) mass is 299 g/mol. The van der Waals surface area contributed by atoms with Crippen molar-refractivity contribution in [2.45, 2.75) is 45.4 Å². The van der Waals surface area contributed by atoms with Crippen LogP contribution in [0.4, 0.5) is 0 Å². The molecule has 1 aliphatic rings. The lowest BCUT2D eigenvalue weighted by Gasteiger charge is -2.36.